The third-order valence-electron chi connectivity index (χ3n) is 9.54. The number of alkyl halides is 3. The number of hydrogen-bond acceptors (Lipinski definition) is 13. The molecule has 258 valence electrons. The monoisotopic (exact) mass is 695 g/mol. The molecule has 0 aromatic heterocycles. The predicted molar refractivity (Wildman–Crippen MR) is 160 cm³/mol. The highest BCUT2D eigenvalue weighted by Crippen LogP contribution is 2.62. The van der Waals surface area contributed by atoms with E-state index in [1.807, 2.05) is 6.07 Å². The molecule has 5 aliphatic rings. The van der Waals surface area contributed by atoms with Gasteiger partial charge in [-0.3, -0.25) is 14.5 Å². The van der Waals surface area contributed by atoms with E-state index >= 15 is 0 Å². The number of benzene rings is 2. The lowest BCUT2D eigenvalue weighted by molar-refractivity contribution is -0.176. The maximum Gasteiger partial charge on any atom is 0.471 e. The Morgan fingerprint density at radius 2 is 1.85 bits per heavy atom. The van der Waals surface area contributed by atoms with Gasteiger partial charge in [0.2, 0.25) is 6.79 Å². The van der Waals surface area contributed by atoms with Gasteiger partial charge in [0, 0.05) is 41.0 Å². The topological polar surface area (TPSA) is 165 Å². The van der Waals surface area contributed by atoms with Crippen LogP contribution in [0.25, 0.3) is 0 Å². The van der Waals surface area contributed by atoms with Gasteiger partial charge in [-0.15, -0.1) is 11.8 Å². The molecule has 0 aliphatic carbocycles. The number of methoxy groups -OCH3 is 1. The summed E-state index contributed by atoms with van der Waals surface area (Å²) in [6, 6.07) is -2.86. The van der Waals surface area contributed by atoms with Crippen molar-refractivity contribution in [1.29, 1.82) is 0 Å². The lowest BCUT2D eigenvalue weighted by Crippen LogP contribution is -2.69. The fourth-order valence-corrected chi connectivity index (χ4v) is 9.24. The van der Waals surface area contributed by atoms with Crippen molar-refractivity contribution < 1.29 is 61.5 Å². The quantitative estimate of drug-likeness (QED) is 0.274. The second-order valence-electron chi connectivity index (χ2n) is 12.3. The lowest BCUT2D eigenvalue weighted by Gasteiger charge is -2.59. The number of esters is 2. The fraction of sp³-hybridized carbons (Fsp3) is 0.516. The summed E-state index contributed by atoms with van der Waals surface area (Å²) < 4.78 is 68.6. The summed E-state index contributed by atoms with van der Waals surface area (Å²) >= 11 is 1.01. The fourth-order valence-electron chi connectivity index (χ4n) is 7.73. The van der Waals surface area contributed by atoms with Crippen LogP contribution in [0.15, 0.2) is 6.07 Å². The number of rotatable bonds is 3. The summed E-state index contributed by atoms with van der Waals surface area (Å²) in [5, 5.41) is 28.0. The normalized spacial score (nSPS) is 28.8. The summed E-state index contributed by atoms with van der Waals surface area (Å²) in [6.45, 7) is 4.04. The molecule has 4 bridgehead atoms. The first-order chi connectivity index (χ1) is 22.7. The molecular weight excluding hydrogens is 663 g/mol. The molecule has 13 nitrogen and oxygen atoms in total. The van der Waals surface area contributed by atoms with Crippen molar-refractivity contribution in [2.75, 3.05) is 26.3 Å². The highest BCUT2D eigenvalue weighted by atomic mass is 32.2. The summed E-state index contributed by atoms with van der Waals surface area (Å²) in [4.78, 5) is 39.5. The Morgan fingerprint density at radius 3 is 2.54 bits per heavy atom. The van der Waals surface area contributed by atoms with Gasteiger partial charge >= 0.3 is 24.0 Å². The molecule has 0 spiro atoms. The number of aliphatic hydroxyl groups is 1. The summed E-state index contributed by atoms with van der Waals surface area (Å²) in [5.74, 6) is -3.58. The third-order valence-corrected chi connectivity index (χ3v) is 10.9. The molecule has 1 amide bonds. The number of fused-ring (bicyclic) bond motifs is 9. The highest BCUT2D eigenvalue weighted by molar-refractivity contribution is 7.99. The van der Waals surface area contributed by atoms with Gasteiger partial charge in [-0.05, 0) is 31.4 Å². The first-order valence-corrected chi connectivity index (χ1v) is 16.2. The number of carbonyl (C=O) groups excluding carboxylic acids is 3. The van der Waals surface area contributed by atoms with Crippen molar-refractivity contribution in [3.63, 3.8) is 0 Å². The second kappa shape index (κ2) is 11.6. The van der Waals surface area contributed by atoms with Crippen LogP contribution in [0.2, 0.25) is 0 Å². The molecule has 5 aliphatic heterocycles. The number of aromatic hydroxyl groups is 1. The summed E-state index contributed by atoms with van der Waals surface area (Å²) in [6.07, 6.45) is -6.13. The Hall–Kier alpha value is -3.93. The van der Waals surface area contributed by atoms with E-state index in [2.05, 4.69) is 5.32 Å². The zero-order chi connectivity index (χ0) is 34.4. The highest BCUT2D eigenvalue weighted by Gasteiger charge is 2.58. The van der Waals surface area contributed by atoms with Gasteiger partial charge in [-0.2, -0.15) is 13.2 Å². The molecule has 2 unspecified atom stereocenters. The number of nitrogens with zero attached hydrogens (tertiary/aromatic N) is 1. The van der Waals surface area contributed by atoms with Crippen LogP contribution in [-0.2, 0) is 25.5 Å². The molecule has 0 saturated carbocycles. The van der Waals surface area contributed by atoms with Gasteiger partial charge in [0.25, 0.3) is 0 Å². The molecule has 0 radical (unpaired) electrons. The number of halogens is 3. The van der Waals surface area contributed by atoms with Crippen LogP contribution in [-0.4, -0.2) is 89.8 Å². The number of phenols is 1. The molecule has 7 rings (SSSR count). The summed E-state index contributed by atoms with van der Waals surface area (Å²) in [5.41, 5.74) is 3.24. The number of carbonyl (C=O) groups is 3. The Morgan fingerprint density at radius 1 is 1.12 bits per heavy atom. The predicted octanol–water partition coefficient (Wildman–Crippen LogP) is 2.36. The van der Waals surface area contributed by atoms with E-state index in [0.717, 1.165) is 17.3 Å². The lowest BCUT2D eigenvalue weighted by atomic mass is 9.74. The SMILES string of the molecule is COc1c(C)cc2c(c1O)[C@H]1N[C@@H](C2)[C@H](O)N2C1[C@@H]1SCC(NC(=O)C(F)(F)F)C(=O)OC[C@@H]2c2c3c(c(C)c(OC(C)=O)c21)OCO3. The maximum absolute atomic E-state index is 13.3. The number of ether oxygens (including phenoxy) is 5. The average molecular weight is 696 g/mol. The van der Waals surface area contributed by atoms with E-state index in [4.69, 9.17) is 23.7 Å². The molecule has 2 aromatic rings. The van der Waals surface area contributed by atoms with Gasteiger partial charge in [0.1, 0.15) is 24.6 Å². The van der Waals surface area contributed by atoms with E-state index in [9.17, 15) is 37.8 Å². The zero-order valence-corrected chi connectivity index (χ0v) is 26.9. The number of cyclic esters (lactones) is 1. The molecule has 7 atom stereocenters. The minimum absolute atomic E-state index is 0.109. The van der Waals surface area contributed by atoms with E-state index in [1.54, 1.807) is 24.1 Å². The summed E-state index contributed by atoms with van der Waals surface area (Å²) in [7, 11) is 1.43. The first-order valence-electron chi connectivity index (χ1n) is 15.1. The number of piperazine rings is 1. The minimum atomic E-state index is -5.26. The van der Waals surface area contributed by atoms with Crippen molar-refractivity contribution in [3.05, 3.63) is 39.4 Å². The molecule has 2 saturated heterocycles. The number of aryl methyl sites for hydroxylation is 1. The van der Waals surface area contributed by atoms with E-state index in [1.165, 1.54) is 14.0 Å². The molecule has 5 heterocycles. The molecule has 4 N–H and O–H groups in total. The number of phenolic OH excluding ortho intramolecular Hbond substituents is 1. The number of hydrogen-bond donors (Lipinski definition) is 4. The largest absolute Gasteiger partial charge is 0.504 e. The Balaban J connectivity index is 1.47. The molecule has 48 heavy (non-hydrogen) atoms. The smallest absolute Gasteiger partial charge is 0.471 e. The van der Waals surface area contributed by atoms with Crippen molar-refractivity contribution in [3.8, 4) is 28.7 Å². The van der Waals surface area contributed by atoms with Crippen LogP contribution in [0, 0.1) is 13.8 Å². The van der Waals surface area contributed by atoms with Crippen LogP contribution in [0.5, 0.6) is 28.7 Å². The third kappa shape index (κ3) is 4.92. The Bertz CT molecular complexity index is 1740. The van der Waals surface area contributed by atoms with Gasteiger partial charge in [0.15, 0.2) is 23.0 Å². The van der Waals surface area contributed by atoms with E-state index < -0.39 is 78.1 Å². The first kappa shape index (κ1) is 32.6. The number of aliphatic hydroxyl groups excluding tert-OH is 1. The molecule has 17 heteroatoms. The van der Waals surface area contributed by atoms with Gasteiger partial charge in [-0.25, -0.2) is 4.79 Å². The van der Waals surface area contributed by atoms with Crippen molar-refractivity contribution >= 4 is 29.6 Å². The molecular formula is C31H32F3N3O10S. The van der Waals surface area contributed by atoms with Crippen molar-refractivity contribution in [2.45, 2.75) is 75.1 Å². The minimum Gasteiger partial charge on any atom is -0.504 e. The Kier molecular flexibility index (Phi) is 7.88. The van der Waals surface area contributed by atoms with Crippen molar-refractivity contribution in [1.82, 2.24) is 15.5 Å². The molecule has 2 fully saturated rings. The van der Waals surface area contributed by atoms with Crippen molar-refractivity contribution in [2.24, 2.45) is 0 Å². The number of thioether (sulfide) groups is 1. The standard InChI is InChI=1S/C31H32F3N3O10S/c1-10-5-13-6-14-28(40)37-16-7-44-29(41)15(36-30(42)31(32,33)34)8-48-27(21(37)20(35-14)17(13)22(39)23(10)43-4)19-18(16)26-25(45-9-46-26)11(2)24(19)47-12(3)38/h5,14-16,20-21,27-28,35,39-40H,6-9H2,1-4H3,(H,36,42)/t14-,15?,16+,20+,21?,27+,28-/m0/s1. The van der Waals surface area contributed by atoms with Gasteiger partial charge in [0.05, 0.1) is 30.5 Å². The zero-order valence-electron chi connectivity index (χ0n) is 26.1. The van der Waals surface area contributed by atoms with Gasteiger partial charge < -0.3 is 44.5 Å². The molecule has 2 aromatic carbocycles. The Labute approximate surface area is 276 Å². The van der Waals surface area contributed by atoms with Crippen LogP contribution in [0.4, 0.5) is 13.2 Å². The number of nitrogens with one attached hydrogen (secondary N) is 2. The van der Waals surface area contributed by atoms with Crippen LogP contribution < -0.4 is 29.6 Å². The van der Waals surface area contributed by atoms with E-state index in [0.29, 0.717) is 45.7 Å². The maximum atomic E-state index is 13.3. The second-order valence-corrected chi connectivity index (χ2v) is 13.5. The number of amides is 1. The van der Waals surface area contributed by atoms with Crippen LogP contribution >= 0.6 is 11.8 Å². The average Bonchev–Trinajstić information content (AvgIpc) is 3.51. The van der Waals surface area contributed by atoms with Gasteiger partial charge in [-0.1, -0.05) is 6.07 Å². The van der Waals surface area contributed by atoms with Crippen LogP contribution in [0.1, 0.15) is 57.6 Å². The van der Waals surface area contributed by atoms with E-state index in [-0.39, 0.29) is 24.0 Å². The van der Waals surface area contributed by atoms with Crippen LogP contribution in [0.3, 0.4) is 0 Å².